The van der Waals surface area contributed by atoms with Crippen LogP contribution in [0.4, 0.5) is 4.39 Å². The van der Waals surface area contributed by atoms with Crippen molar-refractivity contribution in [2.75, 3.05) is 26.8 Å². The number of nitrogens with zero attached hydrogens (tertiary/aromatic N) is 2. The van der Waals surface area contributed by atoms with Gasteiger partial charge in [0.05, 0.1) is 12.8 Å². The van der Waals surface area contributed by atoms with Crippen LogP contribution in [0.15, 0.2) is 59.7 Å². The highest BCUT2D eigenvalue weighted by molar-refractivity contribution is 5.85. The van der Waals surface area contributed by atoms with Gasteiger partial charge in [-0.2, -0.15) is 0 Å². The first-order chi connectivity index (χ1) is 13.0. The number of carbonyl (C=O) groups excluding carboxylic acids is 2. The Morgan fingerprint density at radius 2 is 1.89 bits per heavy atom. The molecule has 0 aliphatic heterocycles. The molecule has 0 unspecified atom stereocenters. The van der Waals surface area contributed by atoms with Crippen LogP contribution in [0, 0.1) is 5.82 Å². The number of ether oxygens (including phenoxy) is 1. The molecule has 0 saturated heterocycles. The van der Waals surface area contributed by atoms with Crippen LogP contribution in [0.2, 0.25) is 0 Å². The summed E-state index contributed by atoms with van der Waals surface area (Å²) in [5, 5.41) is 0. The minimum atomic E-state index is -0.343. The molecule has 0 aliphatic carbocycles. The summed E-state index contributed by atoms with van der Waals surface area (Å²) in [5.74, 6) is -0.290. The summed E-state index contributed by atoms with van der Waals surface area (Å²) in [4.78, 5) is 27.9. The third-order valence-corrected chi connectivity index (χ3v) is 3.86. The second kappa shape index (κ2) is 10.3. The zero-order valence-corrected chi connectivity index (χ0v) is 15.3. The predicted molar refractivity (Wildman–Crippen MR) is 98.0 cm³/mol. The van der Waals surface area contributed by atoms with E-state index in [4.69, 9.17) is 9.15 Å². The van der Waals surface area contributed by atoms with Gasteiger partial charge in [-0.05, 0) is 29.8 Å². The SMILES string of the molecule is C=CCN(CC(=O)N(Cc1ccc(F)cc1)Cc1ccco1)C(=O)COC. The van der Waals surface area contributed by atoms with Gasteiger partial charge in [-0.25, -0.2) is 4.39 Å². The number of methoxy groups -OCH3 is 1. The first-order valence-corrected chi connectivity index (χ1v) is 8.45. The largest absolute Gasteiger partial charge is 0.467 e. The van der Waals surface area contributed by atoms with Gasteiger partial charge in [-0.1, -0.05) is 18.2 Å². The van der Waals surface area contributed by atoms with E-state index in [-0.39, 0.29) is 50.4 Å². The molecule has 0 saturated carbocycles. The van der Waals surface area contributed by atoms with Gasteiger partial charge >= 0.3 is 0 Å². The molecule has 0 radical (unpaired) electrons. The molecule has 2 amide bonds. The van der Waals surface area contributed by atoms with Gasteiger partial charge in [-0.3, -0.25) is 9.59 Å². The Morgan fingerprint density at radius 1 is 1.15 bits per heavy atom. The van der Waals surface area contributed by atoms with Crippen molar-refractivity contribution in [3.8, 4) is 0 Å². The highest BCUT2D eigenvalue weighted by Crippen LogP contribution is 2.12. The van der Waals surface area contributed by atoms with Gasteiger partial charge in [0.25, 0.3) is 0 Å². The summed E-state index contributed by atoms with van der Waals surface area (Å²) in [5.41, 5.74) is 0.773. The van der Waals surface area contributed by atoms with Crippen molar-refractivity contribution in [1.29, 1.82) is 0 Å². The van der Waals surface area contributed by atoms with Crippen molar-refractivity contribution in [2.45, 2.75) is 13.1 Å². The number of halogens is 1. The van der Waals surface area contributed by atoms with Gasteiger partial charge in [0.1, 0.15) is 24.7 Å². The maximum absolute atomic E-state index is 13.1. The Balaban J connectivity index is 2.14. The van der Waals surface area contributed by atoms with Crippen molar-refractivity contribution in [3.05, 3.63) is 72.5 Å². The van der Waals surface area contributed by atoms with E-state index in [0.717, 1.165) is 5.56 Å². The molecule has 144 valence electrons. The molecule has 7 heteroatoms. The minimum Gasteiger partial charge on any atom is -0.467 e. The van der Waals surface area contributed by atoms with E-state index in [1.165, 1.54) is 30.4 Å². The number of benzene rings is 1. The molecule has 0 atom stereocenters. The first kappa shape index (κ1) is 20.4. The van der Waals surface area contributed by atoms with Crippen LogP contribution in [0.1, 0.15) is 11.3 Å². The average Bonchev–Trinajstić information content (AvgIpc) is 3.16. The molecule has 0 spiro atoms. The second-order valence-electron chi connectivity index (χ2n) is 5.95. The predicted octanol–water partition coefficient (Wildman–Crippen LogP) is 2.61. The van der Waals surface area contributed by atoms with Crippen molar-refractivity contribution < 1.29 is 23.1 Å². The van der Waals surface area contributed by atoms with E-state index in [9.17, 15) is 14.0 Å². The summed E-state index contributed by atoms with van der Waals surface area (Å²) in [6.07, 6.45) is 3.08. The fourth-order valence-corrected chi connectivity index (χ4v) is 2.52. The lowest BCUT2D eigenvalue weighted by atomic mass is 10.2. The maximum Gasteiger partial charge on any atom is 0.249 e. The lowest BCUT2D eigenvalue weighted by molar-refractivity contribution is -0.142. The zero-order valence-electron chi connectivity index (χ0n) is 15.3. The van der Waals surface area contributed by atoms with Crippen molar-refractivity contribution >= 4 is 11.8 Å². The van der Waals surface area contributed by atoms with Crippen molar-refractivity contribution in [1.82, 2.24) is 9.80 Å². The summed E-state index contributed by atoms with van der Waals surface area (Å²) in [6, 6.07) is 9.43. The van der Waals surface area contributed by atoms with Crippen molar-refractivity contribution in [2.24, 2.45) is 0 Å². The summed E-state index contributed by atoms with van der Waals surface area (Å²) >= 11 is 0. The van der Waals surface area contributed by atoms with Gasteiger partial charge in [-0.15, -0.1) is 6.58 Å². The molecule has 1 heterocycles. The molecule has 0 N–H and O–H groups in total. The fourth-order valence-electron chi connectivity index (χ4n) is 2.52. The molecule has 2 aromatic rings. The molecule has 0 fully saturated rings. The number of carbonyl (C=O) groups is 2. The molecule has 1 aromatic carbocycles. The molecular weight excluding hydrogens is 351 g/mol. The minimum absolute atomic E-state index is 0.114. The number of hydrogen-bond acceptors (Lipinski definition) is 4. The standard InChI is InChI=1S/C20H23FN2O4/c1-3-10-22(20(25)15-26-2)14-19(24)23(13-18-5-4-11-27-18)12-16-6-8-17(21)9-7-16/h3-9,11H,1,10,12-15H2,2H3. The van der Waals surface area contributed by atoms with Crippen molar-refractivity contribution in [3.63, 3.8) is 0 Å². The zero-order chi connectivity index (χ0) is 19.6. The van der Waals surface area contributed by atoms with E-state index in [1.54, 1.807) is 35.2 Å². The quantitative estimate of drug-likeness (QED) is 0.600. The lowest BCUT2D eigenvalue weighted by Gasteiger charge is -2.26. The van der Waals surface area contributed by atoms with E-state index in [1.807, 2.05) is 0 Å². The Morgan fingerprint density at radius 3 is 2.48 bits per heavy atom. The summed E-state index contributed by atoms with van der Waals surface area (Å²) in [6.45, 7) is 4.13. The third-order valence-electron chi connectivity index (χ3n) is 3.86. The molecule has 1 aromatic heterocycles. The molecular formula is C20H23FN2O4. The Kier molecular flexibility index (Phi) is 7.76. The third kappa shape index (κ3) is 6.38. The van der Waals surface area contributed by atoms with E-state index < -0.39 is 0 Å². The Bertz CT molecular complexity index is 744. The molecule has 6 nitrogen and oxygen atoms in total. The van der Waals surface area contributed by atoms with Crippen LogP contribution in [0.5, 0.6) is 0 Å². The number of rotatable bonds is 10. The van der Waals surface area contributed by atoms with Crippen LogP contribution in [-0.4, -0.2) is 48.4 Å². The lowest BCUT2D eigenvalue weighted by Crippen LogP contribution is -2.43. The van der Waals surface area contributed by atoms with Crippen LogP contribution in [-0.2, 0) is 27.4 Å². The Hall–Kier alpha value is -2.93. The van der Waals surface area contributed by atoms with Crippen LogP contribution >= 0.6 is 0 Å². The number of hydrogen-bond donors (Lipinski definition) is 0. The van der Waals surface area contributed by atoms with Gasteiger partial charge < -0.3 is 19.0 Å². The summed E-state index contributed by atoms with van der Waals surface area (Å²) in [7, 11) is 1.42. The van der Waals surface area contributed by atoms with Gasteiger partial charge in [0.15, 0.2) is 0 Å². The van der Waals surface area contributed by atoms with Crippen LogP contribution in [0.25, 0.3) is 0 Å². The van der Waals surface area contributed by atoms with Crippen LogP contribution < -0.4 is 0 Å². The summed E-state index contributed by atoms with van der Waals surface area (Å²) < 4.78 is 23.3. The fraction of sp³-hybridized carbons (Fsp3) is 0.300. The Labute approximate surface area is 157 Å². The van der Waals surface area contributed by atoms with E-state index in [2.05, 4.69) is 6.58 Å². The second-order valence-corrected chi connectivity index (χ2v) is 5.95. The molecule has 0 bridgehead atoms. The molecule has 2 rings (SSSR count). The van der Waals surface area contributed by atoms with Gasteiger partial charge in [0.2, 0.25) is 11.8 Å². The average molecular weight is 374 g/mol. The highest BCUT2D eigenvalue weighted by atomic mass is 19.1. The number of amides is 2. The monoisotopic (exact) mass is 374 g/mol. The van der Waals surface area contributed by atoms with Gasteiger partial charge in [0, 0.05) is 20.2 Å². The molecule has 27 heavy (non-hydrogen) atoms. The van der Waals surface area contributed by atoms with E-state index in [0.29, 0.717) is 5.76 Å². The van der Waals surface area contributed by atoms with E-state index >= 15 is 0 Å². The smallest absolute Gasteiger partial charge is 0.249 e. The molecule has 0 aliphatic rings. The van der Waals surface area contributed by atoms with Crippen LogP contribution in [0.3, 0.4) is 0 Å². The number of furan rings is 1. The topological polar surface area (TPSA) is 63.0 Å². The maximum atomic E-state index is 13.1. The normalized spacial score (nSPS) is 10.4. The first-order valence-electron chi connectivity index (χ1n) is 8.45. The highest BCUT2D eigenvalue weighted by Gasteiger charge is 2.21.